The Balaban J connectivity index is 1.50. The van der Waals surface area contributed by atoms with E-state index < -0.39 is 17.2 Å². The first-order valence-corrected chi connectivity index (χ1v) is 10.3. The zero-order chi connectivity index (χ0) is 22.5. The summed E-state index contributed by atoms with van der Waals surface area (Å²) in [5.74, 6) is -0.617. The lowest BCUT2D eigenvalue weighted by Crippen LogP contribution is -2.30. The molecule has 4 heterocycles. The normalized spacial score (nSPS) is 16.9. The van der Waals surface area contributed by atoms with Crippen LogP contribution in [-0.4, -0.2) is 56.1 Å². The van der Waals surface area contributed by atoms with Gasteiger partial charge >= 0.3 is 0 Å². The fraction of sp³-hybridized carbons (Fsp3) is 0.350. The van der Waals surface area contributed by atoms with Gasteiger partial charge in [-0.3, -0.25) is 14.4 Å². The maximum atomic E-state index is 12.3. The highest BCUT2D eigenvalue weighted by atomic mass is 16.2. The molecule has 5 rings (SSSR count). The predicted molar refractivity (Wildman–Crippen MR) is 113 cm³/mol. The Morgan fingerprint density at radius 1 is 1.22 bits per heavy atom. The number of nitrogens with two attached hydrogens (primary N) is 1. The third kappa shape index (κ3) is 3.20. The summed E-state index contributed by atoms with van der Waals surface area (Å²) < 4.78 is 1.56. The number of hydrogen-bond acceptors (Lipinski definition) is 8. The van der Waals surface area contributed by atoms with Crippen molar-refractivity contribution in [3.8, 4) is 0 Å². The summed E-state index contributed by atoms with van der Waals surface area (Å²) in [4.78, 5) is 42.4. The van der Waals surface area contributed by atoms with E-state index in [0.717, 1.165) is 12.1 Å². The van der Waals surface area contributed by atoms with Gasteiger partial charge in [0.25, 0.3) is 5.91 Å². The molecule has 0 aromatic carbocycles. The van der Waals surface area contributed by atoms with E-state index in [0.29, 0.717) is 42.8 Å². The molecule has 3 aromatic heterocycles. The number of nitrogens with one attached hydrogen (secondary N) is 2. The summed E-state index contributed by atoms with van der Waals surface area (Å²) >= 11 is 0. The molecule has 12 nitrogen and oxygen atoms in total. The molecule has 1 aliphatic carbocycles. The van der Waals surface area contributed by atoms with Crippen molar-refractivity contribution in [2.24, 2.45) is 5.73 Å². The maximum Gasteiger partial charge on any atom is 0.273 e. The van der Waals surface area contributed by atoms with Crippen molar-refractivity contribution in [1.29, 1.82) is 0 Å². The van der Waals surface area contributed by atoms with Gasteiger partial charge in [0.15, 0.2) is 11.3 Å². The minimum atomic E-state index is -0.853. The zero-order valence-corrected chi connectivity index (χ0v) is 17.3. The summed E-state index contributed by atoms with van der Waals surface area (Å²) in [6.45, 7) is 0.673. The van der Waals surface area contributed by atoms with Gasteiger partial charge in [-0.1, -0.05) is 0 Å². The first-order valence-electron chi connectivity index (χ1n) is 10.3. The second-order valence-electron chi connectivity index (χ2n) is 7.92. The molecule has 0 unspecified atom stereocenters. The van der Waals surface area contributed by atoms with Gasteiger partial charge in [-0.2, -0.15) is 10.1 Å². The van der Waals surface area contributed by atoms with Gasteiger partial charge in [-0.05, 0) is 37.5 Å². The lowest BCUT2D eigenvalue weighted by Gasteiger charge is -2.14. The average molecular weight is 435 g/mol. The van der Waals surface area contributed by atoms with Gasteiger partial charge in [-0.25, -0.2) is 4.52 Å². The number of aromatic nitrogens is 5. The van der Waals surface area contributed by atoms with Gasteiger partial charge in [0.2, 0.25) is 17.8 Å². The number of pyridine rings is 1. The molecule has 1 aliphatic heterocycles. The SMILES string of the molecule is CNC(=O)c1nnc(C2(C(N)=O)CC2)cc1Nc1nc2ccc(N3CCCC3=O)cn2n1. The number of amides is 3. The Morgan fingerprint density at radius 2 is 2.03 bits per heavy atom. The molecular formula is C20H21N9O3. The Bertz CT molecular complexity index is 1260. The summed E-state index contributed by atoms with van der Waals surface area (Å²) in [6.07, 6.45) is 4.27. The minimum Gasteiger partial charge on any atom is -0.369 e. The van der Waals surface area contributed by atoms with Crippen LogP contribution in [0.25, 0.3) is 5.65 Å². The van der Waals surface area contributed by atoms with Crippen molar-refractivity contribution in [2.75, 3.05) is 23.8 Å². The molecule has 1 saturated carbocycles. The molecule has 32 heavy (non-hydrogen) atoms. The van der Waals surface area contributed by atoms with Crippen LogP contribution in [0.2, 0.25) is 0 Å². The summed E-state index contributed by atoms with van der Waals surface area (Å²) in [5.41, 5.74) is 6.76. The number of hydrogen-bond donors (Lipinski definition) is 3. The van der Waals surface area contributed by atoms with E-state index in [1.54, 1.807) is 27.7 Å². The van der Waals surface area contributed by atoms with Crippen LogP contribution in [0.3, 0.4) is 0 Å². The highest BCUT2D eigenvalue weighted by Gasteiger charge is 2.52. The molecule has 3 aromatic rings. The largest absolute Gasteiger partial charge is 0.369 e. The van der Waals surface area contributed by atoms with Crippen LogP contribution < -0.4 is 21.3 Å². The molecule has 0 radical (unpaired) electrons. The van der Waals surface area contributed by atoms with Crippen LogP contribution in [0, 0.1) is 0 Å². The first-order chi connectivity index (χ1) is 15.4. The van der Waals surface area contributed by atoms with E-state index >= 15 is 0 Å². The maximum absolute atomic E-state index is 12.3. The van der Waals surface area contributed by atoms with Gasteiger partial charge in [-0.15, -0.1) is 10.2 Å². The van der Waals surface area contributed by atoms with E-state index in [-0.39, 0.29) is 17.5 Å². The van der Waals surface area contributed by atoms with E-state index in [9.17, 15) is 14.4 Å². The van der Waals surface area contributed by atoms with E-state index in [1.165, 1.54) is 7.05 Å². The van der Waals surface area contributed by atoms with Crippen LogP contribution in [0.1, 0.15) is 41.9 Å². The number of nitrogens with zero attached hydrogens (tertiary/aromatic N) is 6. The smallest absolute Gasteiger partial charge is 0.273 e. The highest BCUT2D eigenvalue weighted by molar-refractivity contribution is 5.98. The third-order valence-corrected chi connectivity index (χ3v) is 5.89. The van der Waals surface area contributed by atoms with Crippen LogP contribution in [0.5, 0.6) is 0 Å². The fourth-order valence-corrected chi connectivity index (χ4v) is 3.89. The standard InChI is InChI=1S/C20H21N9O3/c1-22-17(31)16-12(9-13(25-26-16)20(6-7-20)18(21)32)23-19-24-14-5-4-11(10-29(14)27-19)28-8-2-3-15(28)30/h4-5,9-10H,2-3,6-8H2,1H3,(H2,21,32)(H,22,31)(H,23,25,27). The van der Waals surface area contributed by atoms with E-state index in [2.05, 4.69) is 30.9 Å². The molecule has 4 N–H and O–H groups in total. The molecule has 12 heteroatoms. The average Bonchev–Trinajstić information content (AvgIpc) is 3.35. The quantitative estimate of drug-likeness (QED) is 0.497. The Hall–Kier alpha value is -4.09. The zero-order valence-electron chi connectivity index (χ0n) is 17.3. The Morgan fingerprint density at radius 3 is 2.69 bits per heavy atom. The second-order valence-corrected chi connectivity index (χ2v) is 7.92. The first kappa shape index (κ1) is 19.8. The Labute approximate surface area is 182 Å². The second kappa shape index (κ2) is 7.25. The fourth-order valence-electron chi connectivity index (χ4n) is 3.89. The number of carbonyl (C=O) groups excluding carboxylic acids is 3. The van der Waals surface area contributed by atoms with Crippen LogP contribution in [0.4, 0.5) is 17.3 Å². The molecular weight excluding hydrogens is 414 g/mol. The number of primary amides is 1. The van der Waals surface area contributed by atoms with Crippen molar-refractivity contribution in [2.45, 2.75) is 31.1 Å². The molecule has 2 aliphatic rings. The van der Waals surface area contributed by atoms with Crippen molar-refractivity contribution < 1.29 is 14.4 Å². The number of anilines is 3. The van der Waals surface area contributed by atoms with Crippen molar-refractivity contribution in [1.82, 2.24) is 30.1 Å². The molecule has 2 fully saturated rings. The number of fused-ring (bicyclic) bond motifs is 1. The molecule has 0 spiro atoms. The molecule has 3 amide bonds. The molecule has 0 bridgehead atoms. The van der Waals surface area contributed by atoms with E-state index in [1.807, 2.05) is 6.07 Å². The van der Waals surface area contributed by atoms with Crippen molar-refractivity contribution >= 4 is 40.7 Å². The number of rotatable bonds is 6. The van der Waals surface area contributed by atoms with Crippen LogP contribution >= 0.6 is 0 Å². The lowest BCUT2D eigenvalue weighted by molar-refractivity contribution is -0.120. The molecule has 1 saturated heterocycles. The number of carbonyl (C=O) groups is 3. The van der Waals surface area contributed by atoms with Gasteiger partial charge in [0.05, 0.1) is 28.7 Å². The highest BCUT2D eigenvalue weighted by Crippen LogP contribution is 2.47. The van der Waals surface area contributed by atoms with Gasteiger partial charge < -0.3 is 21.3 Å². The van der Waals surface area contributed by atoms with Gasteiger partial charge in [0.1, 0.15) is 0 Å². The minimum absolute atomic E-state index is 0.0405. The van der Waals surface area contributed by atoms with Crippen molar-refractivity contribution in [3.05, 3.63) is 35.8 Å². The molecule has 164 valence electrons. The summed E-state index contributed by atoms with van der Waals surface area (Å²) in [5, 5.41) is 18.1. The van der Waals surface area contributed by atoms with Gasteiger partial charge in [0, 0.05) is 20.0 Å². The lowest BCUT2D eigenvalue weighted by atomic mass is 10.0. The third-order valence-electron chi connectivity index (χ3n) is 5.89. The molecule has 0 atom stereocenters. The topological polar surface area (TPSA) is 160 Å². The van der Waals surface area contributed by atoms with E-state index in [4.69, 9.17) is 5.73 Å². The summed E-state index contributed by atoms with van der Waals surface area (Å²) in [7, 11) is 1.48. The van der Waals surface area contributed by atoms with Crippen LogP contribution in [0.15, 0.2) is 24.4 Å². The monoisotopic (exact) mass is 435 g/mol. The summed E-state index contributed by atoms with van der Waals surface area (Å²) in [6, 6.07) is 5.18. The van der Waals surface area contributed by atoms with Crippen LogP contribution in [-0.2, 0) is 15.0 Å². The Kier molecular flexibility index (Phi) is 4.50. The predicted octanol–water partition coefficient (Wildman–Crippen LogP) is 0.266. The van der Waals surface area contributed by atoms with Crippen molar-refractivity contribution in [3.63, 3.8) is 0 Å².